The number of nitrogens with one attached hydrogen (secondary N) is 2. The van der Waals surface area contributed by atoms with Gasteiger partial charge in [-0.05, 0) is 86.9 Å². The minimum atomic E-state index is -2.75. The number of fused-ring (bicyclic) bond motifs is 3. The van der Waals surface area contributed by atoms with Crippen molar-refractivity contribution in [1.82, 2.24) is 14.9 Å². The van der Waals surface area contributed by atoms with Gasteiger partial charge in [0.2, 0.25) is 5.95 Å². The highest BCUT2D eigenvalue weighted by molar-refractivity contribution is 7.70. The highest BCUT2D eigenvalue weighted by Crippen LogP contribution is 2.39. The molecule has 2 N–H and O–H groups in total. The number of rotatable bonds is 6. The van der Waals surface area contributed by atoms with Gasteiger partial charge < -0.3 is 19.9 Å². The Morgan fingerprint density at radius 3 is 2.63 bits per heavy atom. The second-order valence-corrected chi connectivity index (χ2v) is 14.5. The maximum Gasteiger partial charge on any atom is 0.229 e. The predicted molar refractivity (Wildman–Crippen MR) is 151 cm³/mol. The summed E-state index contributed by atoms with van der Waals surface area (Å²) >= 11 is 6.38. The number of aryl methyl sites for hydroxylation is 2. The van der Waals surface area contributed by atoms with Crippen LogP contribution in [0.2, 0.25) is 5.02 Å². The van der Waals surface area contributed by atoms with E-state index in [9.17, 15) is 8.96 Å². The summed E-state index contributed by atoms with van der Waals surface area (Å²) < 4.78 is 32.4. The van der Waals surface area contributed by atoms with Gasteiger partial charge in [0, 0.05) is 29.6 Å². The van der Waals surface area contributed by atoms with Crippen LogP contribution in [0.5, 0.6) is 0 Å². The molecule has 3 aromatic rings. The molecule has 2 aromatic carbocycles. The Labute approximate surface area is 227 Å². The van der Waals surface area contributed by atoms with E-state index in [4.69, 9.17) is 16.3 Å². The summed E-state index contributed by atoms with van der Waals surface area (Å²) in [7, 11) is -2.75. The zero-order valence-corrected chi connectivity index (χ0v) is 23.2. The van der Waals surface area contributed by atoms with Crippen molar-refractivity contribution in [2.24, 2.45) is 0 Å². The van der Waals surface area contributed by atoms with Gasteiger partial charge in [-0.2, -0.15) is 4.98 Å². The van der Waals surface area contributed by atoms with E-state index in [0.29, 0.717) is 46.0 Å². The molecule has 2 bridgehead atoms. The van der Waals surface area contributed by atoms with E-state index < -0.39 is 13.0 Å². The quantitative estimate of drug-likeness (QED) is 0.297. The molecule has 2 saturated heterocycles. The van der Waals surface area contributed by atoms with Gasteiger partial charge in [-0.15, -0.1) is 0 Å². The van der Waals surface area contributed by atoms with Crippen LogP contribution in [-0.2, 0) is 22.1 Å². The predicted octanol–water partition coefficient (Wildman–Crippen LogP) is 5.72. The van der Waals surface area contributed by atoms with Crippen LogP contribution in [-0.4, -0.2) is 59.5 Å². The normalized spacial score (nSPS) is 23.2. The Bertz CT molecular complexity index is 1420. The van der Waals surface area contributed by atoms with Crippen LogP contribution >= 0.6 is 18.7 Å². The van der Waals surface area contributed by atoms with E-state index in [-0.39, 0.29) is 0 Å². The summed E-state index contributed by atoms with van der Waals surface area (Å²) in [5.74, 6) is 0.296. The van der Waals surface area contributed by atoms with Crippen LogP contribution in [0, 0.1) is 5.82 Å². The minimum absolute atomic E-state index is 0.307. The molecule has 38 heavy (non-hydrogen) atoms. The molecule has 0 unspecified atom stereocenters. The first-order valence-corrected chi connectivity index (χ1v) is 16.1. The number of anilines is 4. The number of morpholine rings is 1. The van der Waals surface area contributed by atoms with Crippen molar-refractivity contribution in [3.63, 3.8) is 0 Å². The minimum Gasteiger partial charge on any atom is -0.375 e. The third kappa shape index (κ3) is 5.32. The fourth-order valence-electron chi connectivity index (χ4n) is 6.00. The number of nitrogens with zero attached hydrogens (tertiary/aromatic N) is 3. The molecular weight excluding hydrogens is 524 g/mol. The van der Waals surface area contributed by atoms with Crippen molar-refractivity contribution in [1.29, 1.82) is 0 Å². The van der Waals surface area contributed by atoms with Gasteiger partial charge in [-0.1, -0.05) is 17.7 Å². The van der Waals surface area contributed by atoms with Gasteiger partial charge in [-0.3, -0.25) is 4.90 Å². The number of hydrogen-bond donors (Lipinski definition) is 2. The largest absolute Gasteiger partial charge is 0.375 e. The number of ether oxygens (including phenoxy) is 1. The molecular formula is C28H32ClFN5O2P. The van der Waals surface area contributed by atoms with Gasteiger partial charge >= 0.3 is 0 Å². The molecule has 3 aliphatic rings. The molecule has 0 spiro atoms. The lowest BCUT2D eigenvalue weighted by Crippen LogP contribution is -2.44. The maximum atomic E-state index is 13.9. The fraction of sp³-hybridized carbons (Fsp3) is 0.429. The monoisotopic (exact) mass is 555 g/mol. The first-order valence-electron chi connectivity index (χ1n) is 13.1. The summed E-state index contributed by atoms with van der Waals surface area (Å²) in [6.45, 7) is 5.17. The number of halogens is 2. The zero-order valence-electron chi connectivity index (χ0n) is 21.6. The molecule has 0 amide bonds. The first kappa shape index (κ1) is 25.8. The maximum absolute atomic E-state index is 13.9. The smallest absolute Gasteiger partial charge is 0.229 e. The molecule has 0 saturated carbocycles. The molecule has 2 fully saturated rings. The van der Waals surface area contributed by atoms with E-state index in [0.717, 1.165) is 38.1 Å². The van der Waals surface area contributed by atoms with Crippen LogP contribution in [0.1, 0.15) is 30.4 Å². The van der Waals surface area contributed by atoms with Gasteiger partial charge in [0.25, 0.3) is 0 Å². The average Bonchev–Trinajstić information content (AvgIpc) is 3.45. The molecule has 2 aliphatic heterocycles. The zero-order chi connectivity index (χ0) is 26.4. The van der Waals surface area contributed by atoms with Crippen molar-refractivity contribution in [2.75, 3.05) is 37.1 Å². The first-order chi connectivity index (χ1) is 18.2. The number of aromatic nitrogens is 2. The lowest BCUT2D eigenvalue weighted by Gasteiger charge is -2.34. The molecule has 0 radical (unpaired) electrons. The molecule has 3 atom stereocenters. The Hall–Kier alpha value is -2.51. The van der Waals surface area contributed by atoms with E-state index in [1.54, 1.807) is 19.4 Å². The second kappa shape index (κ2) is 10.2. The summed E-state index contributed by atoms with van der Waals surface area (Å²) in [6.07, 6.45) is 7.61. The Balaban J connectivity index is 1.18. The lowest BCUT2D eigenvalue weighted by atomic mass is 10.0. The van der Waals surface area contributed by atoms with E-state index in [1.165, 1.54) is 42.3 Å². The van der Waals surface area contributed by atoms with Crippen LogP contribution in [0.4, 0.5) is 27.5 Å². The second-order valence-electron chi connectivity index (χ2n) is 10.9. The molecule has 7 nitrogen and oxygen atoms in total. The summed E-state index contributed by atoms with van der Waals surface area (Å²) in [5, 5.41) is 7.14. The SMILES string of the molecule is CP(C)(=O)c1cc(F)ccc1Nc1nc(Nc2ccc3c(c2)CC[C@@H](N2C[C@@H]4C[C@H]2CO4)CC3)ncc1Cl. The molecule has 10 heteroatoms. The van der Waals surface area contributed by atoms with Crippen molar-refractivity contribution in [2.45, 2.75) is 50.3 Å². The highest BCUT2D eigenvalue weighted by atomic mass is 35.5. The molecule has 3 heterocycles. The topological polar surface area (TPSA) is 79.4 Å². The van der Waals surface area contributed by atoms with Crippen molar-refractivity contribution >= 4 is 47.2 Å². The van der Waals surface area contributed by atoms with Gasteiger partial charge in [0.15, 0.2) is 5.82 Å². The fourth-order valence-corrected chi connectivity index (χ4v) is 7.29. The van der Waals surface area contributed by atoms with Crippen molar-refractivity contribution in [3.8, 4) is 0 Å². The third-order valence-corrected chi connectivity index (χ3v) is 9.71. The van der Waals surface area contributed by atoms with Crippen LogP contribution < -0.4 is 15.9 Å². The Morgan fingerprint density at radius 1 is 1.08 bits per heavy atom. The van der Waals surface area contributed by atoms with Crippen molar-refractivity contribution in [3.05, 3.63) is 64.6 Å². The number of benzene rings is 2. The van der Waals surface area contributed by atoms with Gasteiger partial charge in [0.1, 0.15) is 18.0 Å². The summed E-state index contributed by atoms with van der Waals surface area (Å²) in [6, 6.07) is 11.8. The Morgan fingerprint density at radius 2 is 1.89 bits per heavy atom. The molecule has 200 valence electrons. The average molecular weight is 556 g/mol. The standard InChI is InChI=1S/C28H32ClFN5O2P/c1-38(2,36)26-12-19(30)6-10-25(26)33-27-24(29)14-31-28(34-27)32-20-7-3-17-4-8-21(9-5-18(17)11-20)35-15-23-13-22(35)16-37-23/h3,6-7,10-12,14,21-23H,4-5,8-9,13,15-16H2,1-2H3,(H2,31,32,33,34)/t21-,22-,23-/m0/s1. The number of likely N-dealkylation sites (tertiary alicyclic amines) is 1. The van der Waals surface area contributed by atoms with Crippen LogP contribution in [0.15, 0.2) is 42.6 Å². The van der Waals surface area contributed by atoms with Crippen LogP contribution in [0.3, 0.4) is 0 Å². The summed E-state index contributed by atoms with van der Waals surface area (Å²) in [5.41, 5.74) is 4.19. The van der Waals surface area contributed by atoms with E-state index in [1.807, 2.05) is 0 Å². The van der Waals surface area contributed by atoms with Crippen LogP contribution in [0.25, 0.3) is 0 Å². The molecule has 1 aliphatic carbocycles. The van der Waals surface area contributed by atoms with Gasteiger partial charge in [0.05, 0.1) is 24.6 Å². The highest BCUT2D eigenvalue weighted by Gasteiger charge is 2.42. The third-order valence-electron chi connectivity index (χ3n) is 7.91. The molecule has 1 aromatic heterocycles. The van der Waals surface area contributed by atoms with E-state index in [2.05, 4.69) is 43.7 Å². The number of hydrogen-bond acceptors (Lipinski definition) is 7. The lowest BCUT2D eigenvalue weighted by molar-refractivity contribution is 0.00854. The molecule has 6 rings (SSSR count). The van der Waals surface area contributed by atoms with Crippen molar-refractivity contribution < 1.29 is 13.7 Å². The van der Waals surface area contributed by atoms with Gasteiger partial charge in [-0.25, -0.2) is 9.37 Å². The van der Waals surface area contributed by atoms with E-state index >= 15 is 0 Å². The summed E-state index contributed by atoms with van der Waals surface area (Å²) in [4.78, 5) is 11.6. The Kier molecular flexibility index (Phi) is 6.93.